The van der Waals surface area contributed by atoms with Crippen LogP contribution in [0.3, 0.4) is 0 Å². The van der Waals surface area contributed by atoms with Crippen LogP contribution in [0.1, 0.15) is 27.8 Å². The van der Waals surface area contributed by atoms with E-state index in [4.69, 9.17) is 155 Å². The van der Waals surface area contributed by atoms with Crippen LogP contribution in [0.4, 0.5) is 46.5 Å². The zero-order valence-electron chi connectivity index (χ0n) is 65.0. The first-order chi connectivity index (χ1) is 62.2. The molecule has 0 atom stereocenters. The summed E-state index contributed by atoms with van der Waals surface area (Å²) in [4.78, 5) is 18.6. The Kier molecular flexibility index (Phi) is 40.3. The fourth-order valence-electron chi connectivity index (χ4n) is 10.1. The van der Waals surface area contributed by atoms with Crippen molar-refractivity contribution in [3.8, 4) is 18.2 Å². The molecule has 0 N–H and O–H groups in total. The maximum atomic E-state index is 12.8. The molecule has 51 heteroatoms. The van der Waals surface area contributed by atoms with Crippen molar-refractivity contribution in [2.24, 2.45) is 0 Å². The molecule has 0 saturated carbocycles. The molecule has 13 aromatic rings. The first kappa shape index (κ1) is 113. The predicted octanol–water partition coefficient (Wildman–Crippen LogP) is 29.1. The normalized spacial score (nSPS) is 11.4. The maximum absolute atomic E-state index is 12.8. The van der Waals surface area contributed by atoms with Crippen molar-refractivity contribution in [1.29, 1.82) is 15.8 Å². The maximum Gasteiger partial charge on any atom is 0.417 e. The lowest BCUT2D eigenvalue weighted by Gasteiger charge is -2.13. The molecule has 0 unspecified atom stereocenters. The molecule has 0 radical (unpaired) electrons. The molecule has 134 heavy (non-hydrogen) atoms. The third-order valence-electron chi connectivity index (χ3n) is 16.8. The van der Waals surface area contributed by atoms with Crippen LogP contribution in [-0.4, -0.2) is 60.4 Å². The summed E-state index contributed by atoms with van der Waals surface area (Å²) in [6, 6.07) is 55.7. The summed E-state index contributed by atoms with van der Waals surface area (Å²) >= 11 is 79.0. The van der Waals surface area contributed by atoms with Crippen LogP contribution in [0, 0.1) is 73.0 Å². The van der Waals surface area contributed by atoms with Gasteiger partial charge in [-0.15, -0.1) is 0 Å². The van der Waals surface area contributed by atoms with Crippen LogP contribution in [0.2, 0.25) is 60.3 Å². The minimum atomic E-state index is -4.93. The van der Waals surface area contributed by atoms with Gasteiger partial charge < -0.3 is 0 Å². The zero-order valence-corrected chi connectivity index (χ0v) is 86.4. The summed E-state index contributed by atoms with van der Waals surface area (Å²) in [5, 5.41) is 49.1. The lowest BCUT2D eigenvalue weighted by molar-refractivity contribution is -0.385. The second-order valence-electron chi connectivity index (χ2n) is 25.5. The summed E-state index contributed by atoms with van der Waals surface area (Å²) in [5.41, 5.74) is -4.41. The topological polar surface area (TPSA) is 362 Å². The molecule has 0 heterocycles. The SMILES string of the molecule is N#Cc1c(F)cccc1F.N#Cc1cc(S(=O)(=O)c2ccc(Cl)c(C#N)c2)ccc1Cl.O=S(=O)(c1ccc(Cl)c(Br)c1)c1ccc(Cl)c(Br)c1.O=S(=O)(c1ccc(Cl)c(C(F)(F)F)c1)c1ccc(Cl)c(C(F)(F)F)c1.O=S(=O)(c1ccc(Cl)c(I)c1)c1ccc(Cl)c(I)c1.O=S(=O)(c1ccc(Cl)cc1)c1ccc(Cl)cc1.O=[N+]([O-])c1cc(S(=O)(=O)c2ccc(Cl)c([N+](=O)[O-])c2)ccc1Cl. The summed E-state index contributed by atoms with van der Waals surface area (Å²) in [6.45, 7) is 0. The average molecular weight is 2550 g/mol. The smallest absolute Gasteiger partial charge is 0.258 e. The molecule has 13 aromatic carbocycles. The van der Waals surface area contributed by atoms with Crippen molar-refractivity contribution in [1.82, 2.24) is 0 Å². The van der Waals surface area contributed by atoms with E-state index >= 15 is 0 Å². The van der Waals surface area contributed by atoms with E-state index in [9.17, 15) is 106 Å². The Hall–Kier alpha value is -7.83. The zero-order chi connectivity index (χ0) is 101. The highest BCUT2D eigenvalue weighted by atomic mass is 127. The standard InChI is InChI=1S/C14H6Cl2F6O2S.C14H6Cl2N2O2S.C12H6Br2Cl2O2S.C12H6Cl2I2O2S.C12H6Cl2N2O6S.C12H8Cl2O2S.C7H3F2N/c15-11-3-1-7(5-9(11)13(17,18)19)25(23,24)8-2-4-12(16)10(6-8)14(20,21)22;15-13-3-1-11(5-9(13)7-17)21(19,20)12-2-4-14(16)10(6-12)8-18;13-9-5-7(1-3-11(9)15)19(17,18)8-2-4-12(16)10(14)6-8;13-9-3-1-7(5-11(9)15)19(17,18)8-2-4-10(14)12(16)6-8;13-9-3-1-7(5-11(9)15(17)18)23(21,22)8-2-4-10(14)12(6-8)16(19)20;13-9-1-5-11(6-2-9)17(15,16)12-7-3-10(14)4-8-12;8-6-2-1-3-7(9)5(6)4-10/h1-6H;1-6H;2*1-6H;1-6H;1-8H;1-3H. The van der Waals surface area contributed by atoms with Crippen LogP contribution in [-0.2, 0) is 71.4 Å². The van der Waals surface area contributed by atoms with Gasteiger partial charge in [-0.3, -0.25) is 20.2 Å². The van der Waals surface area contributed by atoms with Crippen molar-refractivity contribution >= 4 is 287 Å². The molecule has 0 aromatic heterocycles. The molecule has 0 aliphatic rings. The van der Waals surface area contributed by atoms with E-state index in [2.05, 4.69) is 31.9 Å². The molecule has 0 bridgehead atoms. The number of hydrogen-bond acceptors (Lipinski definition) is 19. The van der Waals surface area contributed by atoms with Gasteiger partial charge >= 0.3 is 12.4 Å². The molecule has 0 fully saturated rings. The Balaban J connectivity index is 0.000000216. The second-order valence-corrected chi connectivity index (χ2v) is 46.1. The Bertz CT molecular complexity index is 7140. The number of nitro groups is 2. The van der Waals surface area contributed by atoms with E-state index in [1.54, 1.807) is 48.5 Å². The van der Waals surface area contributed by atoms with Crippen molar-refractivity contribution in [3.05, 3.63) is 385 Å². The van der Waals surface area contributed by atoms with E-state index in [0.717, 1.165) is 60.7 Å². The van der Waals surface area contributed by atoms with Gasteiger partial charge in [-0.25, -0.2) is 59.3 Å². The van der Waals surface area contributed by atoms with E-state index in [1.165, 1.54) is 121 Å². The highest BCUT2D eigenvalue weighted by Crippen LogP contribution is 2.42. The van der Waals surface area contributed by atoms with Gasteiger partial charge in [0.15, 0.2) is 0 Å². The average Bonchev–Trinajstić information content (AvgIpc) is 0.815. The molecule has 21 nitrogen and oxygen atoms in total. The van der Waals surface area contributed by atoms with Crippen LogP contribution in [0.25, 0.3) is 0 Å². The fourth-order valence-corrected chi connectivity index (χ4v) is 22.3. The lowest BCUT2D eigenvalue weighted by atomic mass is 10.2. The number of nitriles is 3. The monoisotopic (exact) mass is 2540 g/mol. The number of rotatable bonds is 14. The van der Waals surface area contributed by atoms with Crippen LogP contribution < -0.4 is 0 Å². The van der Waals surface area contributed by atoms with E-state index in [-0.39, 0.29) is 82.5 Å². The number of benzene rings is 13. The molecular formula is C83H41Br2Cl12F8I2N5O16S6. The van der Waals surface area contributed by atoms with Gasteiger partial charge in [0.25, 0.3) is 11.4 Å². The Labute approximate surface area is 861 Å². The number of hydrogen-bond donors (Lipinski definition) is 0. The number of nitrogens with zero attached hydrogens (tertiary/aromatic N) is 5. The Morgan fingerprint density at radius 1 is 0.291 bits per heavy atom. The fraction of sp³-hybridized carbons (Fsp3) is 0.0241. The molecule has 0 spiro atoms. The van der Waals surface area contributed by atoms with E-state index in [0.29, 0.717) is 58.4 Å². The molecule has 0 aliphatic heterocycles. The third kappa shape index (κ3) is 29.2. The predicted molar refractivity (Wildman–Crippen MR) is 515 cm³/mol. The summed E-state index contributed by atoms with van der Waals surface area (Å²) in [6.07, 6.45) is -9.86. The highest BCUT2D eigenvalue weighted by Gasteiger charge is 2.38. The molecule has 13 rings (SSSR count). The van der Waals surface area contributed by atoms with Crippen LogP contribution >= 0.6 is 216 Å². The minimum Gasteiger partial charge on any atom is -0.258 e. The number of halogens is 24. The summed E-state index contributed by atoms with van der Waals surface area (Å²) in [5.74, 6) is -1.63. The van der Waals surface area contributed by atoms with Gasteiger partial charge in [-0.05, 0) is 308 Å². The van der Waals surface area contributed by atoms with Crippen molar-refractivity contribution < 1.29 is 95.5 Å². The first-order valence-electron chi connectivity index (χ1n) is 34.9. The first-order valence-corrected chi connectivity index (χ1v) is 52.0. The molecule has 0 aliphatic carbocycles. The van der Waals surface area contributed by atoms with Gasteiger partial charge in [0.2, 0.25) is 59.0 Å². The third-order valence-corrected chi connectivity index (χ3v) is 35.3. The molecule has 0 amide bonds. The van der Waals surface area contributed by atoms with Crippen LogP contribution in [0.5, 0.6) is 0 Å². The quantitative estimate of drug-likeness (QED) is 0.0422. The van der Waals surface area contributed by atoms with Gasteiger partial charge in [0, 0.05) is 38.3 Å². The molecule has 698 valence electrons. The number of alkyl halides is 6. The van der Waals surface area contributed by atoms with Crippen molar-refractivity contribution in [2.45, 2.75) is 71.1 Å². The van der Waals surface area contributed by atoms with Gasteiger partial charge in [0.05, 0.1) is 131 Å². The van der Waals surface area contributed by atoms with Crippen molar-refractivity contribution in [3.63, 3.8) is 0 Å². The Morgan fingerprint density at radius 2 is 0.515 bits per heavy atom. The molecular weight excluding hydrogens is 2510 g/mol. The second kappa shape index (κ2) is 47.7. The largest absolute Gasteiger partial charge is 0.417 e. The Morgan fingerprint density at radius 3 is 0.761 bits per heavy atom. The van der Waals surface area contributed by atoms with Crippen LogP contribution in [0.15, 0.2) is 316 Å². The summed E-state index contributed by atoms with van der Waals surface area (Å²) < 4.78 is 253. The van der Waals surface area contributed by atoms with Gasteiger partial charge in [-0.1, -0.05) is 145 Å². The van der Waals surface area contributed by atoms with E-state index in [1.807, 2.05) is 57.3 Å². The van der Waals surface area contributed by atoms with E-state index < -0.39 is 151 Å². The van der Waals surface area contributed by atoms with Gasteiger partial charge in [0.1, 0.15) is 45.5 Å². The lowest BCUT2D eigenvalue weighted by Crippen LogP contribution is -2.11. The molecule has 0 saturated heterocycles. The van der Waals surface area contributed by atoms with Crippen molar-refractivity contribution in [2.75, 3.05) is 0 Å². The number of sulfone groups is 6. The minimum absolute atomic E-state index is 0.0622. The van der Waals surface area contributed by atoms with Gasteiger partial charge in [-0.2, -0.15) is 42.1 Å². The summed E-state index contributed by atoms with van der Waals surface area (Å²) in [7, 11) is -23.4. The highest BCUT2D eigenvalue weighted by molar-refractivity contribution is 14.1. The number of nitro benzene ring substituents is 2.